The molecule has 4 rings (SSSR count). The van der Waals surface area contributed by atoms with Gasteiger partial charge in [0.1, 0.15) is 17.3 Å². The third-order valence-corrected chi connectivity index (χ3v) is 8.79. The van der Waals surface area contributed by atoms with Gasteiger partial charge in [0.15, 0.2) is 0 Å². The highest BCUT2D eigenvalue weighted by molar-refractivity contribution is 7.98. The van der Waals surface area contributed by atoms with Crippen LogP contribution in [0.5, 0.6) is 5.75 Å². The van der Waals surface area contributed by atoms with Crippen molar-refractivity contribution in [3.05, 3.63) is 65.5 Å². The van der Waals surface area contributed by atoms with Crippen LogP contribution in [0.3, 0.4) is 0 Å². The van der Waals surface area contributed by atoms with Crippen molar-refractivity contribution in [3.8, 4) is 5.75 Å². The van der Waals surface area contributed by atoms with E-state index in [0.29, 0.717) is 38.8 Å². The predicted molar refractivity (Wildman–Crippen MR) is 159 cm³/mol. The number of halogens is 1. The van der Waals surface area contributed by atoms with Gasteiger partial charge < -0.3 is 15.0 Å². The van der Waals surface area contributed by atoms with Crippen LogP contribution in [-0.4, -0.2) is 84.5 Å². The molecule has 2 bridgehead atoms. The fourth-order valence-corrected chi connectivity index (χ4v) is 6.43. The van der Waals surface area contributed by atoms with E-state index in [0.717, 1.165) is 29.1 Å². The van der Waals surface area contributed by atoms with Crippen molar-refractivity contribution in [2.45, 2.75) is 44.7 Å². The van der Waals surface area contributed by atoms with E-state index in [9.17, 15) is 18.8 Å². The van der Waals surface area contributed by atoms with Crippen molar-refractivity contribution >= 4 is 29.5 Å². The minimum absolute atomic E-state index is 0.00786. The zero-order valence-electron chi connectivity index (χ0n) is 24.2. The van der Waals surface area contributed by atoms with Gasteiger partial charge in [-0.2, -0.15) is 11.8 Å². The number of likely N-dealkylation sites (N-methyl/N-ethyl adjacent to an activating group) is 1. The van der Waals surface area contributed by atoms with Gasteiger partial charge in [0, 0.05) is 39.0 Å². The molecule has 0 radical (unpaired) electrons. The maximum atomic E-state index is 14.1. The minimum Gasteiger partial charge on any atom is -0.497 e. The quantitative estimate of drug-likeness (QED) is 0.471. The number of hydrazine groups is 1. The number of urea groups is 1. The molecule has 41 heavy (non-hydrogen) atoms. The fraction of sp³-hybridized carbons (Fsp3) is 0.516. The first kappa shape index (κ1) is 30.8. The van der Waals surface area contributed by atoms with Gasteiger partial charge in [-0.3, -0.25) is 14.6 Å². The Morgan fingerprint density at radius 3 is 2.49 bits per heavy atom. The summed E-state index contributed by atoms with van der Waals surface area (Å²) in [5.41, 5.74) is 1.88. The van der Waals surface area contributed by atoms with Gasteiger partial charge in [0.05, 0.1) is 19.7 Å². The molecule has 1 unspecified atom stereocenters. The number of nitrogens with one attached hydrogen (secondary N) is 1. The van der Waals surface area contributed by atoms with E-state index in [-0.39, 0.29) is 54.5 Å². The van der Waals surface area contributed by atoms with Gasteiger partial charge in [-0.1, -0.05) is 24.3 Å². The van der Waals surface area contributed by atoms with Gasteiger partial charge in [0.2, 0.25) is 5.91 Å². The first-order valence-corrected chi connectivity index (χ1v) is 15.6. The Hall–Kier alpha value is -3.11. The van der Waals surface area contributed by atoms with E-state index in [4.69, 9.17) is 4.74 Å². The van der Waals surface area contributed by atoms with Crippen molar-refractivity contribution in [1.29, 1.82) is 0 Å². The van der Waals surface area contributed by atoms with Crippen LogP contribution in [0.1, 0.15) is 36.8 Å². The second-order valence-electron chi connectivity index (χ2n) is 10.9. The van der Waals surface area contributed by atoms with Crippen molar-refractivity contribution in [2.24, 2.45) is 11.8 Å². The van der Waals surface area contributed by atoms with Crippen LogP contribution in [-0.2, 0) is 22.6 Å². The molecule has 8 nitrogen and oxygen atoms in total. The smallest absolute Gasteiger partial charge is 0.332 e. The molecular formula is C31H41FN4O4S. The number of carbonyl (C=O) groups is 3. The maximum absolute atomic E-state index is 14.1. The topological polar surface area (TPSA) is 82.2 Å². The number of amides is 3. The number of likely N-dealkylation sites (tertiary alicyclic amines) is 1. The molecule has 3 atom stereocenters. The predicted octanol–water partition coefficient (Wildman–Crippen LogP) is 4.38. The Morgan fingerprint density at radius 1 is 1.10 bits per heavy atom. The van der Waals surface area contributed by atoms with Crippen LogP contribution in [0.4, 0.5) is 9.18 Å². The molecule has 2 aromatic carbocycles. The minimum atomic E-state index is -0.335. The molecule has 3 amide bonds. The Balaban J connectivity index is 1.59. The van der Waals surface area contributed by atoms with Crippen LogP contribution in [0.2, 0.25) is 0 Å². The number of rotatable bonds is 9. The number of Topliss-reactive ketones (excluding diaryl/α,β-unsaturated/α-hetero) is 1. The summed E-state index contributed by atoms with van der Waals surface area (Å²) in [7, 11) is 3.40. The Morgan fingerprint density at radius 2 is 1.80 bits per heavy atom. The van der Waals surface area contributed by atoms with Crippen molar-refractivity contribution in [1.82, 2.24) is 20.2 Å². The van der Waals surface area contributed by atoms with Crippen LogP contribution >= 0.6 is 11.8 Å². The molecule has 2 saturated heterocycles. The lowest BCUT2D eigenvalue weighted by Gasteiger charge is -2.39. The lowest BCUT2D eigenvalue weighted by atomic mass is 9.82. The second kappa shape index (κ2) is 14.7. The highest BCUT2D eigenvalue weighted by Gasteiger charge is 2.42. The number of fused-ring (bicyclic) bond motifs is 2. The van der Waals surface area contributed by atoms with Gasteiger partial charge >= 0.3 is 6.03 Å². The molecule has 10 heteroatoms. The Labute approximate surface area is 246 Å². The molecule has 0 saturated carbocycles. The highest BCUT2D eigenvalue weighted by atomic mass is 32.2. The second-order valence-corrected chi connectivity index (χ2v) is 11.9. The van der Waals surface area contributed by atoms with Crippen molar-refractivity contribution in [2.75, 3.05) is 45.8 Å². The largest absolute Gasteiger partial charge is 0.497 e. The third kappa shape index (κ3) is 8.23. The number of methoxy groups -OCH3 is 1. The van der Waals surface area contributed by atoms with Gasteiger partial charge in [-0.05, 0) is 79.0 Å². The summed E-state index contributed by atoms with van der Waals surface area (Å²) in [5.74, 6) is 1.30. The fourth-order valence-electron chi connectivity index (χ4n) is 5.94. The monoisotopic (exact) mass is 584 g/mol. The zero-order chi connectivity index (χ0) is 29.4. The number of ether oxygens (including phenoxy) is 1. The third-order valence-electron chi connectivity index (χ3n) is 8.14. The molecular weight excluding hydrogens is 543 g/mol. The molecule has 2 heterocycles. The van der Waals surface area contributed by atoms with E-state index < -0.39 is 0 Å². The molecule has 0 spiro atoms. The first-order valence-electron chi connectivity index (χ1n) is 14.2. The Bertz CT molecular complexity index is 1180. The number of ketones is 1. The number of hydrogen-bond acceptors (Lipinski definition) is 6. The maximum Gasteiger partial charge on any atom is 0.332 e. The molecule has 0 aliphatic carbocycles. The average Bonchev–Trinajstić information content (AvgIpc) is 3.05. The summed E-state index contributed by atoms with van der Waals surface area (Å²) in [6.07, 6.45) is 5.16. The van der Waals surface area contributed by atoms with E-state index in [2.05, 4.69) is 5.32 Å². The number of benzene rings is 2. The Kier molecular flexibility index (Phi) is 11.0. The van der Waals surface area contributed by atoms with E-state index in [1.165, 1.54) is 12.1 Å². The summed E-state index contributed by atoms with van der Waals surface area (Å²) < 4.78 is 18.7. The summed E-state index contributed by atoms with van der Waals surface area (Å²) in [4.78, 5) is 42.6. The van der Waals surface area contributed by atoms with Gasteiger partial charge in [0.25, 0.3) is 0 Å². The summed E-state index contributed by atoms with van der Waals surface area (Å²) in [6, 6.07) is 13.3. The lowest BCUT2D eigenvalue weighted by molar-refractivity contribution is -0.137. The number of carbonyl (C=O) groups excluding carboxylic acids is 3. The van der Waals surface area contributed by atoms with E-state index in [1.54, 1.807) is 48.1 Å². The molecule has 2 aliphatic rings. The van der Waals surface area contributed by atoms with Crippen LogP contribution in [0, 0.1) is 17.7 Å². The molecule has 222 valence electrons. The number of thioether (sulfide) groups is 1. The normalized spacial score (nSPS) is 22.0. The summed E-state index contributed by atoms with van der Waals surface area (Å²) in [5, 5.41) is 6.30. The highest BCUT2D eigenvalue weighted by Crippen LogP contribution is 2.35. The van der Waals surface area contributed by atoms with Crippen LogP contribution < -0.4 is 10.1 Å². The van der Waals surface area contributed by atoms with Gasteiger partial charge in [-0.15, -0.1) is 0 Å². The lowest BCUT2D eigenvalue weighted by Crippen LogP contribution is -2.58. The summed E-state index contributed by atoms with van der Waals surface area (Å²) in [6.45, 7) is 1.29. The van der Waals surface area contributed by atoms with Crippen LogP contribution in [0.25, 0.3) is 0 Å². The van der Waals surface area contributed by atoms with Crippen molar-refractivity contribution < 1.29 is 23.5 Å². The first-order chi connectivity index (χ1) is 19.8. The van der Waals surface area contributed by atoms with Crippen LogP contribution in [0.15, 0.2) is 48.5 Å². The van der Waals surface area contributed by atoms with E-state index in [1.807, 2.05) is 35.4 Å². The molecule has 2 fully saturated rings. The molecule has 2 aromatic rings. The molecule has 0 aromatic heterocycles. The summed E-state index contributed by atoms with van der Waals surface area (Å²) >= 11 is 1.72. The standard InChI is InChI=1S/C31H41FN4O4S/c1-34-21-27(37)11-8-24-18-26(36(34)31(39)33-19-23-4-9-25(32)10-5-23)20-35(30(38)29(24)15-17-41-3)16-14-22-6-12-28(40-2)13-7-22/h4-7,9-10,12-13,24,26,29H,8,11,14-21H2,1-3H3,(H,33,39)/t24?,26-,29-/m1/s1. The van der Waals surface area contributed by atoms with Gasteiger partial charge in [-0.25, -0.2) is 14.2 Å². The zero-order valence-corrected chi connectivity index (χ0v) is 25.0. The van der Waals surface area contributed by atoms with E-state index >= 15 is 0 Å². The van der Waals surface area contributed by atoms with Crippen molar-refractivity contribution in [3.63, 3.8) is 0 Å². The molecule has 2 aliphatic heterocycles. The molecule has 1 N–H and O–H groups in total. The SMILES string of the molecule is COc1ccc(CCN2C[C@H]3CC(CCC(=O)CN(C)N3C(=O)NCc3ccc(F)cc3)[C@@H](CCSC)C2=O)cc1. The number of nitrogens with zero attached hydrogens (tertiary/aromatic N) is 3. The average molecular weight is 585 g/mol. The number of hydrogen-bond donors (Lipinski definition) is 1.